The van der Waals surface area contributed by atoms with E-state index in [2.05, 4.69) is 10.6 Å². The fourth-order valence-corrected chi connectivity index (χ4v) is 5.46. The van der Waals surface area contributed by atoms with Crippen molar-refractivity contribution in [2.45, 2.75) is 58.1 Å². The van der Waals surface area contributed by atoms with Crippen molar-refractivity contribution in [3.05, 3.63) is 60.2 Å². The summed E-state index contributed by atoms with van der Waals surface area (Å²) in [6, 6.07) is 16.0. The minimum atomic E-state index is -0.798. The first-order chi connectivity index (χ1) is 17.4. The number of carbonyl (C=O) groups excluding carboxylic acids is 3. The minimum Gasteiger partial charge on any atom is -0.495 e. The molecule has 0 saturated heterocycles. The average Bonchev–Trinajstić information content (AvgIpc) is 2.89. The van der Waals surface area contributed by atoms with Crippen LogP contribution in [-0.4, -0.2) is 48.5 Å². The Kier molecular flexibility index (Phi) is 10.4. The first kappa shape index (κ1) is 27.7. The largest absolute Gasteiger partial charge is 0.495 e. The Balaban J connectivity index is 1.82. The van der Waals surface area contributed by atoms with Gasteiger partial charge in [0.15, 0.2) is 5.12 Å². The molecule has 1 atom stereocenters. The van der Waals surface area contributed by atoms with Crippen LogP contribution in [0, 0.1) is 5.41 Å². The van der Waals surface area contributed by atoms with E-state index in [0.717, 1.165) is 18.4 Å². The standard InChI is InChI=1S/C28H36N2O5S/c1-4-35-22-14-16-28(17-15-22,19-36-20(2)31)27(33)30-24(18-21-10-6-5-7-11-21)26(32)29-23-12-8-9-13-25(23)34-3/h5-13,22,24H,4,14-19H2,1-3H3,(H,29,32)(H,30,33)/t22-,24-,28+/m0/s1. The van der Waals surface area contributed by atoms with Gasteiger partial charge in [-0.05, 0) is 50.3 Å². The Hall–Kier alpha value is -2.84. The van der Waals surface area contributed by atoms with Gasteiger partial charge in [0.05, 0.1) is 24.3 Å². The summed E-state index contributed by atoms with van der Waals surface area (Å²) < 4.78 is 11.2. The van der Waals surface area contributed by atoms with Gasteiger partial charge in [-0.25, -0.2) is 0 Å². The normalized spacial score (nSPS) is 20.2. The SMILES string of the molecule is CCO[C@H]1CC[C@@](CSC(C)=O)(C(=O)N[C@@H](Cc2ccccc2)C(=O)Nc2ccccc2OC)CC1. The summed E-state index contributed by atoms with van der Waals surface area (Å²) in [5.74, 6) is 0.412. The second-order valence-electron chi connectivity index (χ2n) is 9.12. The second-order valence-corrected chi connectivity index (χ2v) is 10.3. The number of anilines is 1. The van der Waals surface area contributed by atoms with E-state index in [1.807, 2.05) is 49.4 Å². The van der Waals surface area contributed by atoms with Crippen LogP contribution < -0.4 is 15.4 Å². The van der Waals surface area contributed by atoms with Crippen molar-refractivity contribution in [2.24, 2.45) is 5.41 Å². The number of hydrogen-bond donors (Lipinski definition) is 2. The van der Waals surface area contributed by atoms with Crippen LogP contribution in [0.5, 0.6) is 5.75 Å². The maximum Gasteiger partial charge on any atom is 0.247 e. The highest BCUT2D eigenvalue weighted by Gasteiger charge is 2.43. The van der Waals surface area contributed by atoms with Crippen molar-refractivity contribution in [2.75, 3.05) is 24.8 Å². The van der Waals surface area contributed by atoms with Crippen molar-refractivity contribution in [3.8, 4) is 5.75 Å². The Morgan fingerprint density at radius 1 is 1.06 bits per heavy atom. The average molecular weight is 513 g/mol. The zero-order valence-corrected chi connectivity index (χ0v) is 22.1. The molecule has 0 radical (unpaired) electrons. The molecule has 2 N–H and O–H groups in total. The molecule has 1 fully saturated rings. The third-order valence-corrected chi connectivity index (χ3v) is 7.70. The van der Waals surface area contributed by atoms with E-state index in [-0.39, 0.29) is 23.0 Å². The molecule has 2 aromatic carbocycles. The fourth-order valence-electron chi connectivity index (χ4n) is 4.56. The van der Waals surface area contributed by atoms with Gasteiger partial charge in [-0.15, -0.1) is 0 Å². The highest BCUT2D eigenvalue weighted by Crippen LogP contribution is 2.40. The third kappa shape index (κ3) is 7.58. The summed E-state index contributed by atoms with van der Waals surface area (Å²) in [5.41, 5.74) is 0.741. The number of para-hydroxylation sites is 2. The third-order valence-electron chi connectivity index (χ3n) is 6.59. The van der Waals surface area contributed by atoms with Gasteiger partial charge in [-0.3, -0.25) is 14.4 Å². The van der Waals surface area contributed by atoms with E-state index in [0.29, 0.717) is 43.1 Å². The van der Waals surface area contributed by atoms with Gasteiger partial charge >= 0.3 is 0 Å². The number of hydrogen-bond acceptors (Lipinski definition) is 6. The molecule has 36 heavy (non-hydrogen) atoms. The molecule has 0 bridgehead atoms. The molecule has 0 heterocycles. The van der Waals surface area contributed by atoms with Crippen LogP contribution in [0.1, 0.15) is 45.1 Å². The molecule has 3 rings (SSSR count). The highest BCUT2D eigenvalue weighted by molar-refractivity contribution is 8.13. The highest BCUT2D eigenvalue weighted by atomic mass is 32.2. The predicted molar refractivity (Wildman–Crippen MR) is 143 cm³/mol. The van der Waals surface area contributed by atoms with Crippen LogP contribution in [-0.2, 0) is 25.5 Å². The van der Waals surface area contributed by atoms with Crippen LogP contribution >= 0.6 is 11.8 Å². The maximum absolute atomic E-state index is 13.8. The molecule has 8 heteroatoms. The topological polar surface area (TPSA) is 93.7 Å². The molecule has 2 amide bonds. The molecule has 0 aromatic heterocycles. The molecule has 0 aliphatic heterocycles. The second kappa shape index (κ2) is 13.5. The van der Waals surface area contributed by atoms with E-state index in [4.69, 9.17) is 9.47 Å². The molecule has 194 valence electrons. The van der Waals surface area contributed by atoms with Gasteiger partial charge in [0.2, 0.25) is 11.8 Å². The van der Waals surface area contributed by atoms with Gasteiger partial charge in [-0.2, -0.15) is 0 Å². The van der Waals surface area contributed by atoms with Crippen molar-refractivity contribution in [3.63, 3.8) is 0 Å². The van der Waals surface area contributed by atoms with Crippen molar-refractivity contribution >= 4 is 34.4 Å². The lowest BCUT2D eigenvalue weighted by atomic mass is 9.73. The van der Waals surface area contributed by atoms with Gasteiger partial charge < -0.3 is 20.1 Å². The summed E-state index contributed by atoms with van der Waals surface area (Å²) in [5, 5.41) is 5.94. The first-order valence-electron chi connectivity index (χ1n) is 12.4. The van der Waals surface area contributed by atoms with E-state index in [1.165, 1.54) is 18.7 Å². The number of methoxy groups -OCH3 is 1. The van der Waals surface area contributed by atoms with Gasteiger partial charge in [0.25, 0.3) is 0 Å². The maximum atomic E-state index is 13.8. The summed E-state index contributed by atoms with van der Waals surface area (Å²) in [6.07, 6.45) is 3.16. The van der Waals surface area contributed by atoms with Crippen molar-refractivity contribution < 1.29 is 23.9 Å². The molecule has 1 saturated carbocycles. The molecule has 0 spiro atoms. The predicted octanol–water partition coefficient (Wildman–Crippen LogP) is 4.61. The van der Waals surface area contributed by atoms with Crippen molar-refractivity contribution in [1.29, 1.82) is 0 Å². The Labute approximate surface area is 217 Å². The van der Waals surface area contributed by atoms with E-state index in [9.17, 15) is 14.4 Å². The van der Waals surface area contributed by atoms with E-state index >= 15 is 0 Å². The smallest absolute Gasteiger partial charge is 0.247 e. The zero-order chi connectivity index (χ0) is 26.0. The van der Waals surface area contributed by atoms with E-state index in [1.54, 1.807) is 19.2 Å². The summed E-state index contributed by atoms with van der Waals surface area (Å²) in [4.78, 5) is 39.0. The molecule has 7 nitrogen and oxygen atoms in total. The Bertz CT molecular complexity index is 1020. The van der Waals surface area contributed by atoms with Gasteiger partial charge in [0.1, 0.15) is 11.8 Å². The van der Waals surface area contributed by atoms with Crippen LogP contribution in [0.3, 0.4) is 0 Å². The summed E-state index contributed by atoms with van der Waals surface area (Å²) in [7, 11) is 1.54. The van der Waals surface area contributed by atoms with Gasteiger partial charge in [-0.1, -0.05) is 54.2 Å². The zero-order valence-electron chi connectivity index (χ0n) is 21.3. The number of nitrogens with one attached hydrogen (secondary N) is 2. The number of carbonyl (C=O) groups is 3. The Morgan fingerprint density at radius 3 is 2.36 bits per heavy atom. The van der Waals surface area contributed by atoms with E-state index < -0.39 is 11.5 Å². The van der Waals surface area contributed by atoms with Crippen LogP contribution in [0.4, 0.5) is 5.69 Å². The quantitative estimate of drug-likeness (QED) is 0.457. The number of amides is 2. The van der Waals surface area contributed by atoms with Gasteiger partial charge in [0, 0.05) is 25.7 Å². The monoisotopic (exact) mass is 512 g/mol. The molecule has 2 aromatic rings. The van der Waals surface area contributed by atoms with Crippen LogP contribution in [0.15, 0.2) is 54.6 Å². The van der Waals surface area contributed by atoms with Crippen molar-refractivity contribution in [1.82, 2.24) is 5.32 Å². The lowest BCUT2D eigenvalue weighted by Crippen LogP contribution is -2.53. The number of ether oxygens (including phenoxy) is 2. The fraction of sp³-hybridized carbons (Fsp3) is 0.464. The van der Waals surface area contributed by atoms with Crippen LogP contribution in [0.25, 0.3) is 0 Å². The number of thioether (sulfide) groups is 1. The molecule has 0 unspecified atom stereocenters. The molecular weight excluding hydrogens is 476 g/mol. The summed E-state index contributed by atoms with van der Waals surface area (Å²) >= 11 is 1.17. The first-order valence-corrected chi connectivity index (χ1v) is 13.4. The summed E-state index contributed by atoms with van der Waals surface area (Å²) in [6.45, 7) is 4.12. The molecular formula is C28H36N2O5S. The molecule has 1 aliphatic rings. The Morgan fingerprint density at radius 2 is 1.72 bits per heavy atom. The number of rotatable bonds is 11. The molecule has 1 aliphatic carbocycles. The lowest BCUT2D eigenvalue weighted by molar-refractivity contribution is -0.136. The number of benzene rings is 2. The lowest BCUT2D eigenvalue weighted by Gasteiger charge is -2.39. The minimum absolute atomic E-state index is 0.0242. The van der Waals surface area contributed by atoms with Crippen LogP contribution in [0.2, 0.25) is 0 Å².